The van der Waals surface area contributed by atoms with Gasteiger partial charge in [-0.3, -0.25) is 28.8 Å². The molecular formula is C43H70N6O13. The monoisotopic (exact) mass is 879 g/mol. The van der Waals surface area contributed by atoms with E-state index in [0.717, 1.165) is 5.56 Å². The summed E-state index contributed by atoms with van der Waals surface area (Å²) in [7, 11) is 0. The maximum atomic E-state index is 14.1. The number of alkyl carbamates (subject to hydrolysis) is 1. The minimum atomic E-state index is -1.46. The fraction of sp³-hybridized carbons (Fsp3) is 0.674. The van der Waals surface area contributed by atoms with Crippen LogP contribution in [0.2, 0.25) is 0 Å². The smallest absolute Gasteiger partial charge is 0.407 e. The van der Waals surface area contributed by atoms with Gasteiger partial charge in [0.25, 0.3) is 0 Å². The predicted molar refractivity (Wildman–Crippen MR) is 228 cm³/mol. The number of nitrogens with one attached hydrogen (secondary N) is 6. The second-order valence-corrected chi connectivity index (χ2v) is 18.6. The molecule has 1 aromatic carbocycles. The van der Waals surface area contributed by atoms with Gasteiger partial charge in [0.1, 0.15) is 36.4 Å². The Labute approximate surface area is 365 Å². The summed E-state index contributed by atoms with van der Waals surface area (Å²) in [5, 5.41) is 14.7. The number of carbonyl (C=O) groups is 8. The lowest BCUT2D eigenvalue weighted by Gasteiger charge is -2.35. The third-order valence-corrected chi connectivity index (χ3v) is 7.76. The van der Waals surface area contributed by atoms with Gasteiger partial charge >= 0.3 is 18.0 Å². The molecular weight excluding hydrogens is 809 g/mol. The standard InChI is InChI=1S/C43H70N6O13/c1-26(59-40(3,4)5)34(37(55)49-35(27(2)60-41(6,7)8)38(56)62-43(12,13)14)48-36(54)29(20-21-33(53)61-42(9,10)11)47-32(52)24-45-30(50)22-44-31(51)23-46-39(57)58-25-28-18-16-15-17-19-28/h15-19,26-27,29,34-35H,20-25H2,1-14H3,(H,44,51)(H,45,50)(H,46,57)(H,47,52)(H,48,54)(H,49,55)/t26-,27-,29+,34+,35+/m1/s1. The third-order valence-electron chi connectivity index (χ3n) is 7.76. The van der Waals surface area contributed by atoms with E-state index in [-0.39, 0.29) is 19.4 Å². The minimum absolute atomic E-state index is 0.00771. The fourth-order valence-electron chi connectivity index (χ4n) is 5.46. The first-order valence-corrected chi connectivity index (χ1v) is 20.5. The molecule has 0 spiro atoms. The van der Waals surface area contributed by atoms with E-state index in [9.17, 15) is 38.4 Å². The Morgan fingerprint density at radius 2 is 1.02 bits per heavy atom. The number of hydrogen-bond donors (Lipinski definition) is 6. The first kappa shape index (κ1) is 54.7. The number of carbonyl (C=O) groups excluding carboxylic acids is 8. The van der Waals surface area contributed by atoms with E-state index in [1.807, 2.05) is 6.07 Å². The molecule has 19 heteroatoms. The molecule has 350 valence electrons. The Morgan fingerprint density at radius 1 is 0.548 bits per heavy atom. The number of benzene rings is 1. The van der Waals surface area contributed by atoms with Gasteiger partial charge in [-0.25, -0.2) is 9.59 Å². The van der Waals surface area contributed by atoms with Crippen LogP contribution in [0.1, 0.15) is 115 Å². The van der Waals surface area contributed by atoms with E-state index >= 15 is 0 Å². The molecule has 0 radical (unpaired) electrons. The zero-order chi connectivity index (χ0) is 47.6. The molecule has 0 saturated carbocycles. The van der Waals surface area contributed by atoms with Crippen molar-refractivity contribution in [1.82, 2.24) is 31.9 Å². The lowest BCUT2D eigenvalue weighted by atomic mass is 10.0. The lowest BCUT2D eigenvalue weighted by molar-refractivity contribution is -0.167. The Hall–Kier alpha value is -5.30. The van der Waals surface area contributed by atoms with E-state index in [4.69, 9.17) is 23.7 Å². The van der Waals surface area contributed by atoms with Crippen molar-refractivity contribution in [3.8, 4) is 0 Å². The van der Waals surface area contributed by atoms with Gasteiger partial charge in [-0.2, -0.15) is 0 Å². The second kappa shape index (κ2) is 24.4. The van der Waals surface area contributed by atoms with Gasteiger partial charge in [0.05, 0.1) is 36.5 Å². The second-order valence-electron chi connectivity index (χ2n) is 18.6. The van der Waals surface area contributed by atoms with Gasteiger partial charge in [0, 0.05) is 6.42 Å². The first-order chi connectivity index (χ1) is 28.3. The summed E-state index contributed by atoms with van der Waals surface area (Å²) in [5.41, 5.74) is -2.53. The van der Waals surface area contributed by atoms with Crippen molar-refractivity contribution in [3.05, 3.63) is 35.9 Å². The highest BCUT2D eigenvalue weighted by atomic mass is 16.6. The molecule has 0 fully saturated rings. The van der Waals surface area contributed by atoms with E-state index < -0.39 is 120 Å². The highest BCUT2D eigenvalue weighted by molar-refractivity contribution is 5.95. The summed E-state index contributed by atoms with van der Waals surface area (Å²) in [6, 6.07) is 4.67. The third kappa shape index (κ3) is 24.8. The summed E-state index contributed by atoms with van der Waals surface area (Å²) < 4.78 is 28.1. The topological polar surface area (TPSA) is 255 Å². The van der Waals surface area contributed by atoms with Gasteiger partial charge in [0.15, 0.2) is 6.04 Å². The van der Waals surface area contributed by atoms with Crippen molar-refractivity contribution in [1.29, 1.82) is 0 Å². The Balaban J connectivity index is 3.15. The van der Waals surface area contributed by atoms with E-state index in [1.165, 1.54) is 0 Å². The minimum Gasteiger partial charge on any atom is -0.460 e. The molecule has 1 rings (SSSR count). The molecule has 6 N–H and O–H groups in total. The van der Waals surface area contributed by atoms with Crippen LogP contribution in [0.5, 0.6) is 0 Å². The van der Waals surface area contributed by atoms with Crippen LogP contribution in [0.25, 0.3) is 0 Å². The van der Waals surface area contributed by atoms with E-state index in [1.54, 1.807) is 121 Å². The molecule has 0 aromatic heterocycles. The van der Waals surface area contributed by atoms with Crippen molar-refractivity contribution >= 4 is 47.6 Å². The fourth-order valence-corrected chi connectivity index (χ4v) is 5.46. The van der Waals surface area contributed by atoms with Crippen LogP contribution in [-0.2, 0) is 63.9 Å². The number of esters is 2. The molecule has 62 heavy (non-hydrogen) atoms. The zero-order valence-corrected chi connectivity index (χ0v) is 38.8. The summed E-state index contributed by atoms with van der Waals surface area (Å²) in [5.74, 6) is -5.51. The molecule has 0 unspecified atom stereocenters. The molecule has 0 saturated heterocycles. The SMILES string of the molecule is C[C@@H](OC(C)(C)C)[C@H](NC(=O)[C@H](CCC(=O)OC(C)(C)C)NC(=O)CNC(=O)CNC(=O)CNC(=O)OCc1ccccc1)C(=O)N[C@H](C(=O)OC(C)(C)C)[C@@H](C)OC(C)(C)C. The lowest BCUT2D eigenvalue weighted by Crippen LogP contribution is -2.62. The average Bonchev–Trinajstić information content (AvgIpc) is 3.11. The normalized spacial score (nSPS) is 14.4. The quantitative estimate of drug-likeness (QED) is 0.0768. The molecule has 1 aromatic rings. The van der Waals surface area contributed by atoms with Crippen molar-refractivity contribution in [2.45, 2.75) is 169 Å². The maximum Gasteiger partial charge on any atom is 0.407 e. The van der Waals surface area contributed by atoms with Crippen LogP contribution < -0.4 is 31.9 Å². The van der Waals surface area contributed by atoms with Gasteiger partial charge in [0.2, 0.25) is 29.5 Å². The Bertz CT molecular complexity index is 1680. The van der Waals surface area contributed by atoms with Gasteiger partial charge < -0.3 is 55.6 Å². The number of amides is 6. The Kier molecular flexibility index (Phi) is 21.5. The Morgan fingerprint density at radius 3 is 1.52 bits per heavy atom. The average molecular weight is 879 g/mol. The number of hydrogen-bond acceptors (Lipinski definition) is 13. The molecule has 0 aliphatic carbocycles. The van der Waals surface area contributed by atoms with Crippen LogP contribution >= 0.6 is 0 Å². The molecule has 19 nitrogen and oxygen atoms in total. The highest BCUT2D eigenvalue weighted by Crippen LogP contribution is 2.19. The van der Waals surface area contributed by atoms with Crippen LogP contribution in [0.4, 0.5) is 4.79 Å². The number of rotatable bonds is 21. The van der Waals surface area contributed by atoms with Crippen LogP contribution in [0, 0.1) is 0 Å². The summed E-state index contributed by atoms with van der Waals surface area (Å²) in [6.07, 6.45) is -3.35. The summed E-state index contributed by atoms with van der Waals surface area (Å²) >= 11 is 0. The van der Waals surface area contributed by atoms with E-state index in [2.05, 4.69) is 31.9 Å². The first-order valence-electron chi connectivity index (χ1n) is 20.5. The van der Waals surface area contributed by atoms with Crippen molar-refractivity contribution in [2.75, 3.05) is 19.6 Å². The van der Waals surface area contributed by atoms with Crippen molar-refractivity contribution in [2.24, 2.45) is 0 Å². The molecule has 0 aliphatic heterocycles. The van der Waals surface area contributed by atoms with Crippen molar-refractivity contribution in [3.63, 3.8) is 0 Å². The van der Waals surface area contributed by atoms with Gasteiger partial charge in [-0.05, 0) is 109 Å². The molecule has 0 aliphatic rings. The van der Waals surface area contributed by atoms with Crippen LogP contribution in [0.15, 0.2) is 30.3 Å². The van der Waals surface area contributed by atoms with Gasteiger partial charge in [-0.15, -0.1) is 0 Å². The largest absolute Gasteiger partial charge is 0.460 e. The summed E-state index contributed by atoms with van der Waals surface area (Å²) in [4.78, 5) is 104. The highest BCUT2D eigenvalue weighted by Gasteiger charge is 2.39. The predicted octanol–water partition coefficient (Wildman–Crippen LogP) is 2.47. The molecule has 0 heterocycles. The molecule has 6 amide bonds. The number of ether oxygens (including phenoxy) is 5. The van der Waals surface area contributed by atoms with Crippen molar-refractivity contribution < 1.29 is 62.0 Å². The maximum absolute atomic E-state index is 14.1. The van der Waals surface area contributed by atoms with E-state index in [0.29, 0.717) is 0 Å². The summed E-state index contributed by atoms with van der Waals surface area (Å²) in [6.45, 7) is 22.0. The van der Waals surface area contributed by atoms with Crippen LogP contribution in [0.3, 0.4) is 0 Å². The van der Waals surface area contributed by atoms with Crippen LogP contribution in [-0.4, -0.2) is 120 Å². The molecule has 5 atom stereocenters. The van der Waals surface area contributed by atoms with Gasteiger partial charge in [-0.1, -0.05) is 30.3 Å². The molecule has 0 bridgehead atoms. The zero-order valence-electron chi connectivity index (χ0n) is 38.8.